The second kappa shape index (κ2) is 5.54. The molecule has 1 heterocycles. The van der Waals surface area contributed by atoms with Gasteiger partial charge in [0.05, 0.1) is 15.5 Å². The molecule has 0 aliphatic heterocycles. The molecule has 8 heteroatoms. The third-order valence-electron chi connectivity index (χ3n) is 2.33. The molecule has 0 unspecified atom stereocenters. The van der Waals surface area contributed by atoms with Gasteiger partial charge in [0.1, 0.15) is 0 Å². The van der Waals surface area contributed by atoms with E-state index in [-0.39, 0.29) is 27.9 Å². The van der Waals surface area contributed by atoms with E-state index in [0.29, 0.717) is 0 Å². The summed E-state index contributed by atoms with van der Waals surface area (Å²) in [6.07, 6.45) is 1.08. The summed E-state index contributed by atoms with van der Waals surface area (Å²) in [7, 11) is 0. The maximum atomic E-state index is 10.9. The van der Waals surface area contributed by atoms with Crippen LogP contribution < -0.4 is 4.74 Å². The number of hydrogen-bond acceptors (Lipinski definition) is 5. The van der Waals surface area contributed by atoms with Gasteiger partial charge in [-0.25, -0.2) is 9.78 Å². The molecule has 7 nitrogen and oxygen atoms in total. The Morgan fingerprint density at radius 2 is 2.10 bits per heavy atom. The Bertz CT molecular complexity index is 672. The first-order valence-corrected chi connectivity index (χ1v) is 5.67. The van der Waals surface area contributed by atoms with Crippen LogP contribution in [0.15, 0.2) is 36.5 Å². The number of rotatable bonds is 4. The number of benzene rings is 1. The number of hydrogen-bond donors (Lipinski definition) is 1. The van der Waals surface area contributed by atoms with Crippen molar-refractivity contribution in [2.24, 2.45) is 0 Å². The van der Waals surface area contributed by atoms with Crippen LogP contribution >= 0.6 is 11.6 Å². The predicted molar refractivity (Wildman–Crippen MR) is 69.4 cm³/mol. The molecular formula is C12H7ClN2O5. The molecule has 0 saturated carbocycles. The van der Waals surface area contributed by atoms with E-state index in [1.54, 1.807) is 0 Å². The molecule has 102 valence electrons. The van der Waals surface area contributed by atoms with E-state index >= 15 is 0 Å². The second-order valence-corrected chi connectivity index (χ2v) is 4.04. The van der Waals surface area contributed by atoms with Gasteiger partial charge in [0.15, 0.2) is 0 Å². The van der Waals surface area contributed by atoms with E-state index in [4.69, 9.17) is 21.4 Å². The minimum Gasteiger partial charge on any atom is -0.478 e. The van der Waals surface area contributed by atoms with Gasteiger partial charge in [0.2, 0.25) is 11.6 Å². The number of nitro benzene ring substituents is 1. The van der Waals surface area contributed by atoms with Gasteiger partial charge in [-0.3, -0.25) is 10.1 Å². The maximum Gasteiger partial charge on any atom is 0.337 e. The Morgan fingerprint density at radius 1 is 1.35 bits per heavy atom. The SMILES string of the molecule is O=C(O)c1ccc(Oc2c(Cl)cccc2[N+](=O)[O-])nc1. The molecule has 0 radical (unpaired) electrons. The van der Waals surface area contributed by atoms with Crippen molar-refractivity contribution in [3.8, 4) is 11.6 Å². The fraction of sp³-hybridized carbons (Fsp3) is 0. The van der Waals surface area contributed by atoms with Crippen molar-refractivity contribution in [2.45, 2.75) is 0 Å². The number of aromatic nitrogens is 1. The second-order valence-electron chi connectivity index (χ2n) is 3.64. The number of carbonyl (C=O) groups is 1. The third-order valence-corrected chi connectivity index (χ3v) is 2.63. The van der Waals surface area contributed by atoms with Crippen LogP contribution in [0.3, 0.4) is 0 Å². The Morgan fingerprint density at radius 3 is 2.65 bits per heavy atom. The highest BCUT2D eigenvalue weighted by atomic mass is 35.5. The van der Waals surface area contributed by atoms with Crippen molar-refractivity contribution in [1.82, 2.24) is 4.98 Å². The number of carboxylic acid groups (broad SMARTS) is 1. The Labute approximate surface area is 117 Å². The molecule has 0 atom stereocenters. The van der Waals surface area contributed by atoms with Crippen LogP contribution in [-0.4, -0.2) is 21.0 Å². The average molecular weight is 295 g/mol. The fourth-order valence-corrected chi connectivity index (χ4v) is 1.62. The lowest BCUT2D eigenvalue weighted by Crippen LogP contribution is -1.98. The van der Waals surface area contributed by atoms with Crippen LogP contribution in [0.5, 0.6) is 11.6 Å². The first-order valence-electron chi connectivity index (χ1n) is 5.29. The summed E-state index contributed by atoms with van der Waals surface area (Å²) < 4.78 is 5.26. The van der Waals surface area contributed by atoms with E-state index in [0.717, 1.165) is 6.20 Å². The monoisotopic (exact) mass is 294 g/mol. The third kappa shape index (κ3) is 2.83. The summed E-state index contributed by atoms with van der Waals surface area (Å²) in [5.41, 5.74) is -0.326. The lowest BCUT2D eigenvalue weighted by Gasteiger charge is -2.07. The molecule has 1 aromatic heterocycles. The van der Waals surface area contributed by atoms with Gasteiger partial charge in [0, 0.05) is 18.3 Å². The van der Waals surface area contributed by atoms with Crippen molar-refractivity contribution in [3.05, 3.63) is 57.2 Å². The fourth-order valence-electron chi connectivity index (χ4n) is 1.41. The maximum absolute atomic E-state index is 10.9. The quantitative estimate of drug-likeness (QED) is 0.686. The summed E-state index contributed by atoms with van der Waals surface area (Å²) in [5.74, 6) is -1.27. The molecule has 2 aromatic rings. The molecule has 0 aliphatic carbocycles. The number of aromatic carboxylic acids is 1. The van der Waals surface area contributed by atoms with Crippen LogP contribution in [0.2, 0.25) is 5.02 Å². The van der Waals surface area contributed by atoms with Gasteiger partial charge >= 0.3 is 11.7 Å². The van der Waals surface area contributed by atoms with Gasteiger partial charge < -0.3 is 9.84 Å². The van der Waals surface area contributed by atoms with Crippen molar-refractivity contribution in [2.75, 3.05) is 0 Å². The first kappa shape index (κ1) is 13.8. The molecule has 0 amide bonds. The van der Waals surface area contributed by atoms with E-state index in [1.807, 2.05) is 0 Å². The first-order chi connectivity index (χ1) is 9.49. The number of ether oxygens (including phenoxy) is 1. The van der Waals surface area contributed by atoms with E-state index in [9.17, 15) is 14.9 Å². The van der Waals surface area contributed by atoms with E-state index in [2.05, 4.69) is 4.98 Å². The summed E-state index contributed by atoms with van der Waals surface area (Å²) in [6, 6.07) is 6.67. The minimum atomic E-state index is -1.13. The zero-order chi connectivity index (χ0) is 14.7. The predicted octanol–water partition coefficient (Wildman–Crippen LogP) is 3.13. The molecule has 0 fully saturated rings. The molecule has 1 aromatic carbocycles. The topological polar surface area (TPSA) is 103 Å². The van der Waals surface area contributed by atoms with Crippen LogP contribution in [0.25, 0.3) is 0 Å². The van der Waals surface area contributed by atoms with Crippen molar-refractivity contribution >= 4 is 23.3 Å². The number of carboxylic acids is 1. The number of nitrogens with zero attached hydrogens (tertiary/aromatic N) is 2. The van der Waals surface area contributed by atoms with Crippen molar-refractivity contribution in [1.29, 1.82) is 0 Å². The minimum absolute atomic E-state index is 0.00574. The Balaban J connectivity index is 2.34. The van der Waals surface area contributed by atoms with Gasteiger partial charge in [0.25, 0.3) is 0 Å². The van der Waals surface area contributed by atoms with Crippen LogP contribution in [0, 0.1) is 10.1 Å². The van der Waals surface area contributed by atoms with Gasteiger partial charge in [-0.15, -0.1) is 0 Å². The summed E-state index contributed by atoms with van der Waals surface area (Å²) >= 11 is 5.85. The Hall–Kier alpha value is -2.67. The smallest absolute Gasteiger partial charge is 0.337 e. The lowest BCUT2D eigenvalue weighted by atomic mass is 10.3. The van der Waals surface area contributed by atoms with Crippen LogP contribution in [0.1, 0.15) is 10.4 Å². The number of para-hydroxylation sites is 1. The van der Waals surface area contributed by atoms with Gasteiger partial charge in [-0.1, -0.05) is 17.7 Å². The summed E-state index contributed by atoms with van der Waals surface area (Å²) in [6.45, 7) is 0. The van der Waals surface area contributed by atoms with E-state index in [1.165, 1.54) is 30.3 Å². The van der Waals surface area contributed by atoms with Crippen molar-refractivity contribution < 1.29 is 19.6 Å². The number of pyridine rings is 1. The molecule has 1 N–H and O–H groups in total. The van der Waals surface area contributed by atoms with Gasteiger partial charge in [-0.2, -0.15) is 0 Å². The molecule has 0 saturated heterocycles. The molecular weight excluding hydrogens is 288 g/mol. The zero-order valence-corrected chi connectivity index (χ0v) is 10.6. The van der Waals surface area contributed by atoms with Crippen LogP contribution in [0.4, 0.5) is 5.69 Å². The van der Waals surface area contributed by atoms with Crippen molar-refractivity contribution in [3.63, 3.8) is 0 Å². The summed E-state index contributed by atoms with van der Waals surface area (Å²) in [4.78, 5) is 24.7. The molecule has 0 spiro atoms. The van der Waals surface area contributed by atoms with E-state index < -0.39 is 10.9 Å². The highest BCUT2D eigenvalue weighted by Crippen LogP contribution is 2.37. The lowest BCUT2D eigenvalue weighted by molar-refractivity contribution is -0.385. The highest BCUT2D eigenvalue weighted by molar-refractivity contribution is 6.32. The van der Waals surface area contributed by atoms with Gasteiger partial charge in [-0.05, 0) is 12.1 Å². The molecule has 2 rings (SSSR count). The number of halogens is 1. The largest absolute Gasteiger partial charge is 0.478 e. The molecule has 0 aliphatic rings. The molecule has 0 bridgehead atoms. The average Bonchev–Trinajstić information content (AvgIpc) is 2.41. The standard InChI is InChI=1S/C12H7ClN2O5/c13-8-2-1-3-9(15(18)19)11(8)20-10-5-4-7(6-14-10)12(16)17/h1-6H,(H,16,17). The molecule has 20 heavy (non-hydrogen) atoms. The normalized spacial score (nSPS) is 10.1. The zero-order valence-electron chi connectivity index (χ0n) is 9.82. The number of nitro groups is 1. The summed E-state index contributed by atoms with van der Waals surface area (Å²) in [5, 5.41) is 19.7. The highest BCUT2D eigenvalue weighted by Gasteiger charge is 2.19. The Kier molecular flexibility index (Phi) is 3.81. The van der Waals surface area contributed by atoms with Crippen LogP contribution in [-0.2, 0) is 0 Å².